The number of methoxy groups -OCH3 is 1. The van der Waals surface area contributed by atoms with Crippen LogP contribution in [0.4, 0.5) is 5.69 Å². The van der Waals surface area contributed by atoms with Crippen LogP contribution in [0.5, 0.6) is 5.75 Å². The normalized spacial score (nSPS) is 12.8. The summed E-state index contributed by atoms with van der Waals surface area (Å²) in [5, 5.41) is 3.15. The van der Waals surface area contributed by atoms with Gasteiger partial charge in [-0.15, -0.1) is 0 Å². The summed E-state index contributed by atoms with van der Waals surface area (Å²) >= 11 is 0. The molecule has 0 aliphatic rings. The largest absolute Gasteiger partial charge is 0.496 e. The van der Waals surface area contributed by atoms with Gasteiger partial charge in [0.2, 0.25) is 0 Å². The number of hydrogen-bond acceptors (Lipinski definition) is 2. The van der Waals surface area contributed by atoms with Crippen LogP contribution >= 0.6 is 0 Å². The molecule has 0 fully saturated rings. The monoisotopic (exact) mass is 389 g/mol. The molecule has 0 aliphatic heterocycles. The van der Waals surface area contributed by atoms with Crippen molar-refractivity contribution in [3.63, 3.8) is 0 Å². The number of carbonyl (C=O) groups excluding carboxylic acids is 1. The number of para-hydroxylation sites is 1. The third-order valence-electron chi connectivity index (χ3n) is 5.20. The minimum absolute atomic E-state index is 0.0164. The summed E-state index contributed by atoms with van der Waals surface area (Å²) in [5.74, 6) is 0.825. The minimum Gasteiger partial charge on any atom is -0.496 e. The molecule has 0 radical (unpaired) electrons. The minimum atomic E-state index is -0.346. The lowest BCUT2D eigenvalue weighted by Gasteiger charge is -2.25. The van der Waals surface area contributed by atoms with Gasteiger partial charge in [-0.25, -0.2) is 0 Å². The summed E-state index contributed by atoms with van der Waals surface area (Å²) in [6.07, 6.45) is 0. The van der Waals surface area contributed by atoms with Crippen LogP contribution in [0.25, 0.3) is 0 Å². The van der Waals surface area contributed by atoms with Crippen LogP contribution in [0.1, 0.15) is 28.3 Å². The molecule has 2 atom stereocenters. The van der Waals surface area contributed by atoms with Gasteiger partial charge in [-0.3, -0.25) is 4.79 Å². The van der Waals surface area contributed by atoms with Crippen LogP contribution in [0.2, 0.25) is 0 Å². The van der Waals surface area contributed by atoms with E-state index in [0.29, 0.717) is 6.54 Å². The Hall–Kier alpha value is -3.11. The Kier molecular flexibility index (Phi) is 6.68. The van der Waals surface area contributed by atoms with E-state index in [1.54, 1.807) is 7.11 Å². The third kappa shape index (κ3) is 5.04. The third-order valence-corrected chi connectivity index (χ3v) is 5.20. The van der Waals surface area contributed by atoms with Crippen molar-refractivity contribution in [2.75, 3.05) is 19.5 Å². The van der Waals surface area contributed by atoms with Crippen molar-refractivity contribution in [2.45, 2.75) is 26.4 Å². The Morgan fingerprint density at radius 2 is 1.69 bits per heavy atom. The average molecular weight is 390 g/mol. The van der Waals surface area contributed by atoms with Gasteiger partial charge < -0.3 is 15.0 Å². The topological polar surface area (TPSA) is 42.8 Å². The van der Waals surface area contributed by atoms with Crippen molar-refractivity contribution in [2.24, 2.45) is 0 Å². The molecule has 29 heavy (non-hydrogen) atoms. The van der Waals surface area contributed by atoms with E-state index in [2.05, 4.69) is 11.4 Å². The summed E-state index contributed by atoms with van der Waals surface area (Å²) in [7, 11) is 3.73. The lowest BCUT2D eigenvalue weighted by Crippen LogP contribution is -3.09. The average Bonchev–Trinajstić information content (AvgIpc) is 2.72. The maximum atomic E-state index is 13.4. The molecule has 0 spiro atoms. The second-order valence-electron chi connectivity index (χ2n) is 7.49. The lowest BCUT2D eigenvalue weighted by molar-refractivity contribution is -0.915. The SMILES string of the molecule is COc1ccccc1C[NH+](C)[C@H](C(=O)Nc1cc(C)ccc1C)c1ccccc1. The maximum absolute atomic E-state index is 13.4. The van der Waals surface area contributed by atoms with E-state index in [1.807, 2.05) is 87.6 Å². The number of likely N-dealkylation sites (N-methyl/N-ethyl adjacent to an activating group) is 1. The number of benzene rings is 3. The number of carbonyl (C=O) groups is 1. The van der Waals surface area contributed by atoms with Gasteiger partial charge >= 0.3 is 0 Å². The molecule has 0 bridgehead atoms. The van der Waals surface area contributed by atoms with E-state index in [4.69, 9.17) is 4.74 Å². The van der Waals surface area contributed by atoms with Crippen LogP contribution < -0.4 is 15.0 Å². The zero-order valence-corrected chi connectivity index (χ0v) is 17.5. The van der Waals surface area contributed by atoms with Crippen LogP contribution in [0.15, 0.2) is 72.8 Å². The molecule has 4 nitrogen and oxygen atoms in total. The summed E-state index contributed by atoms with van der Waals surface area (Å²) < 4.78 is 5.50. The van der Waals surface area contributed by atoms with E-state index < -0.39 is 0 Å². The van der Waals surface area contributed by atoms with Crippen molar-refractivity contribution in [3.05, 3.63) is 95.1 Å². The van der Waals surface area contributed by atoms with Gasteiger partial charge in [-0.1, -0.05) is 54.6 Å². The van der Waals surface area contributed by atoms with Crippen LogP contribution in [0, 0.1) is 13.8 Å². The fourth-order valence-corrected chi connectivity index (χ4v) is 3.63. The van der Waals surface area contributed by atoms with Crippen molar-refractivity contribution < 1.29 is 14.4 Å². The highest BCUT2D eigenvalue weighted by atomic mass is 16.5. The van der Waals surface area contributed by atoms with E-state index in [1.165, 1.54) is 0 Å². The highest BCUT2D eigenvalue weighted by Gasteiger charge is 2.30. The number of hydrogen-bond donors (Lipinski definition) is 2. The zero-order chi connectivity index (χ0) is 20.8. The number of rotatable bonds is 7. The highest BCUT2D eigenvalue weighted by molar-refractivity contribution is 5.95. The van der Waals surface area contributed by atoms with Gasteiger partial charge in [0.05, 0.1) is 14.2 Å². The van der Waals surface area contributed by atoms with Gasteiger partial charge in [0, 0.05) is 16.8 Å². The molecule has 0 aliphatic carbocycles. The van der Waals surface area contributed by atoms with Gasteiger partial charge in [0.1, 0.15) is 12.3 Å². The van der Waals surface area contributed by atoms with Gasteiger partial charge in [-0.2, -0.15) is 0 Å². The van der Waals surface area contributed by atoms with Crippen LogP contribution in [-0.2, 0) is 11.3 Å². The predicted octanol–water partition coefficient (Wildman–Crippen LogP) is 3.71. The van der Waals surface area contributed by atoms with Crippen LogP contribution in [0.3, 0.4) is 0 Å². The van der Waals surface area contributed by atoms with E-state index in [0.717, 1.165) is 38.6 Å². The number of quaternary nitrogens is 1. The fraction of sp³-hybridized carbons (Fsp3) is 0.240. The highest BCUT2D eigenvalue weighted by Crippen LogP contribution is 2.20. The number of anilines is 1. The summed E-state index contributed by atoms with van der Waals surface area (Å²) in [5.41, 5.74) is 5.10. The molecule has 4 heteroatoms. The molecule has 3 rings (SSSR count). The number of nitrogens with one attached hydrogen (secondary N) is 2. The first kappa shape index (κ1) is 20.6. The molecule has 150 valence electrons. The molecule has 0 saturated carbocycles. The molecular weight excluding hydrogens is 360 g/mol. The Balaban J connectivity index is 1.90. The molecule has 3 aromatic carbocycles. The quantitative estimate of drug-likeness (QED) is 0.647. The first-order chi connectivity index (χ1) is 14.0. The molecule has 3 aromatic rings. The van der Waals surface area contributed by atoms with Gasteiger partial charge in [0.25, 0.3) is 5.91 Å². The second-order valence-corrected chi connectivity index (χ2v) is 7.49. The first-order valence-corrected chi connectivity index (χ1v) is 9.87. The van der Waals surface area contributed by atoms with Gasteiger partial charge in [-0.05, 0) is 43.2 Å². The van der Waals surface area contributed by atoms with Crippen molar-refractivity contribution >= 4 is 11.6 Å². The molecule has 1 amide bonds. The number of aryl methyl sites for hydroxylation is 2. The smallest absolute Gasteiger partial charge is 0.287 e. The maximum Gasteiger partial charge on any atom is 0.287 e. The molecule has 0 saturated heterocycles. The Labute approximate surface area is 173 Å². The zero-order valence-electron chi connectivity index (χ0n) is 17.5. The lowest BCUT2D eigenvalue weighted by atomic mass is 10.0. The molecule has 1 unspecified atom stereocenters. The number of amides is 1. The van der Waals surface area contributed by atoms with E-state index in [9.17, 15) is 4.79 Å². The van der Waals surface area contributed by atoms with E-state index in [-0.39, 0.29) is 11.9 Å². The van der Waals surface area contributed by atoms with E-state index >= 15 is 0 Å². The molecule has 0 aromatic heterocycles. The standard InChI is InChI=1S/C25H28N2O2/c1-18-14-15-19(2)22(16-18)26-25(28)24(20-10-6-5-7-11-20)27(3)17-21-12-8-9-13-23(21)29-4/h5-16,24H,17H2,1-4H3,(H,26,28)/p+1/t24-/m0/s1. The van der Waals surface area contributed by atoms with Crippen molar-refractivity contribution in [1.29, 1.82) is 0 Å². The Bertz CT molecular complexity index is 970. The number of ether oxygens (including phenoxy) is 1. The van der Waals surface area contributed by atoms with Crippen LogP contribution in [-0.4, -0.2) is 20.1 Å². The fourth-order valence-electron chi connectivity index (χ4n) is 3.63. The summed E-state index contributed by atoms with van der Waals surface area (Å²) in [6.45, 7) is 4.71. The molecule has 2 N–H and O–H groups in total. The molecule has 0 heterocycles. The summed E-state index contributed by atoms with van der Waals surface area (Å²) in [6, 6.07) is 23.7. The van der Waals surface area contributed by atoms with Crippen molar-refractivity contribution in [3.8, 4) is 5.75 Å². The molecular formula is C25H29N2O2+. The summed E-state index contributed by atoms with van der Waals surface area (Å²) in [4.78, 5) is 14.5. The predicted molar refractivity (Wildman–Crippen MR) is 117 cm³/mol. The van der Waals surface area contributed by atoms with Crippen molar-refractivity contribution in [1.82, 2.24) is 0 Å². The Morgan fingerprint density at radius 1 is 1.00 bits per heavy atom. The van der Waals surface area contributed by atoms with Gasteiger partial charge in [0.15, 0.2) is 6.04 Å². The second kappa shape index (κ2) is 9.39. The Morgan fingerprint density at radius 3 is 2.41 bits per heavy atom. The first-order valence-electron chi connectivity index (χ1n) is 9.87.